The molecule has 1 aromatic rings. The van der Waals surface area contributed by atoms with Crippen molar-refractivity contribution in [2.75, 3.05) is 19.6 Å². The number of carbonyl (C=O) groups is 1. The van der Waals surface area contributed by atoms with Crippen molar-refractivity contribution in [2.24, 2.45) is 0 Å². The predicted molar refractivity (Wildman–Crippen MR) is 78.2 cm³/mol. The third kappa shape index (κ3) is 3.80. The van der Waals surface area contributed by atoms with Crippen LogP contribution in [0.2, 0.25) is 0 Å². The van der Waals surface area contributed by atoms with E-state index in [0.29, 0.717) is 0 Å². The minimum atomic E-state index is -0.0675. The first-order valence-electron chi connectivity index (χ1n) is 7.25. The molecule has 1 aliphatic heterocycles. The van der Waals surface area contributed by atoms with Gasteiger partial charge < -0.3 is 10.2 Å². The number of rotatable bonds is 5. The summed E-state index contributed by atoms with van der Waals surface area (Å²) in [4.78, 5) is 14.1. The number of nitrogens with zero attached hydrogens (tertiary/aromatic N) is 1. The molecule has 1 aromatic carbocycles. The van der Waals surface area contributed by atoms with Crippen LogP contribution in [0.1, 0.15) is 30.9 Å². The number of amides is 1. The molecule has 0 unspecified atom stereocenters. The van der Waals surface area contributed by atoms with Gasteiger partial charge in [-0.1, -0.05) is 24.3 Å². The van der Waals surface area contributed by atoms with Crippen LogP contribution >= 0.6 is 0 Å². The Hall–Kier alpha value is -1.35. The van der Waals surface area contributed by atoms with E-state index < -0.39 is 0 Å². The zero-order valence-corrected chi connectivity index (χ0v) is 12.0. The standard InChI is InChI=1S/C16H24N2O/c1-13-7-3-4-8-15(13)9-10-17-14(2)16(19)18-11-5-6-12-18/h3-4,7-8,14,17H,5-6,9-12H2,1-2H3/t14-/m1/s1. The third-order valence-electron chi connectivity index (χ3n) is 3.89. The zero-order chi connectivity index (χ0) is 13.7. The maximum atomic E-state index is 12.1. The van der Waals surface area contributed by atoms with Crippen LogP contribution in [0.25, 0.3) is 0 Å². The number of aryl methyl sites for hydroxylation is 1. The first-order chi connectivity index (χ1) is 9.18. The summed E-state index contributed by atoms with van der Waals surface area (Å²) < 4.78 is 0. The van der Waals surface area contributed by atoms with Gasteiger partial charge in [-0.25, -0.2) is 0 Å². The highest BCUT2D eigenvalue weighted by Crippen LogP contribution is 2.10. The van der Waals surface area contributed by atoms with E-state index in [1.165, 1.54) is 11.1 Å². The lowest BCUT2D eigenvalue weighted by Gasteiger charge is -2.21. The summed E-state index contributed by atoms with van der Waals surface area (Å²) in [6.45, 7) is 6.82. The Morgan fingerprint density at radius 3 is 2.68 bits per heavy atom. The predicted octanol–water partition coefficient (Wildman–Crippen LogP) is 2.14. The van der Waals surface area contributed by atoms with Crippen LogP contribution < -0.4 is 5.32 Å². The molecule has 1 amide bonds. The lowest BCUT2D eigenvalue weighted by molar-refractivity contribution is -0.131. The fraction of sp³-hybridized carbons (Fsp3) is 0.562. The molecule has 3 nitrogen and oxygen atoms in total. The van der Waals surface area contributed by atoms with Gasteiger partial charge in [-0.05, 0) is 50.8 Å². The SMILES string of the molecule is Cc1ccccc1CCN[C@H](C)C(=O)N1CCCC1. The molecule has 1 saturated heterocycles. The average Bonchev–Trinajstić information content (AvgIpc) is 2.94. The van der Waals surface area contributed by atoms with Crippen LogP contribution in [0.5, 0.6) is 0 Å². The first kappa shape index (κ1) is 14.1. The summed E-state index contributed by atoms with van der Waals surface area (Å²) in [7, 11) is 0. The minimum Gasteiger partial charge on any atom is -0.341 e. The van der Waals surface area contributed by atoms with E-state index in [0.717, 1.165) is 38.9 Å². The van der Waals surface area contributed by atoms with E-state index >= 15 is 0 Å². The largest absolute Gasteiger partial charge is 0.341 e. The van der Waals surface area contributed by atoms with Crippen molar-refractivity contribution >= 4 is 5.91 Å². The molecular formula is C16H24N2O. The molecule has 0 spiro atoms. The van der Waals surface area contributed by atoms with Crippen LogP contribution in [0.15, 0.2) is 24.3 Å². The Bertz CT molecular complexity index is 425. The summed E-state index contributed by atoms with van der Waals surface area (Å²) >= 11 is 0. The van der Waals surface area contributed by atoms with Crippen molar-refractivity contribution in [1.82, 2.24) is 10.2 Å². The molecule has 2 rings (SSSR count). The van der Waals surface area contributed by atoms with Crippen molar-refractivity contribution < 1.29 is 4.79 Å². The smallest absolute Gasteiger partial charge is 0.239 e. The van der Waals surface area contributed by atoms with Gasteiger partial charge in [0, 0.05) is 13.1 Å². The number of carbonyl (C=O) groups excluding carboxylic acids is 1. The second-order valence-corrected chi connectivity index (χ2v) is 5.38. The van der Waals surface area contributed by atoms with E-state index in [4.69, 9.17) is 0 Å². The summed E-state index contributed by atoms with van der Waals surface area (Å²) in [5.74, 6) is 0.252. The second kappa shape index (κ2) is 6.71. The number of hydrogen-bond donors (Lipinski definition) is 1. The quantitative estimate of drug-likeness (QED) is 0.879. The Morgan fingerprint density at radius 2 is 2.00 bits per heavy atom. The minimum absolute atomic E-state index is 0.0675. The molecule has 1 N–H and O–H groups in total. The summed E-state index contributed by atoms with van der Waals surface area (Å²) in [5.41, 5.74) is 2.68. The fourth-order valence-corrected chi connectivity index (χ4v) is 2.61. The van der Waals surface area contributed by atoms with E-state index in [1.54, 1.807) is 0 Å². The van der Waals surface area contributed by atoms with E-state index in [1.807, 2.05) is 11.8 Å². The molecule has 19 heavy (non-hydrogen) atoms. The molecule has 1 aliphatic rings. The molecule has 0 aromatic heterocycles. The number of benzene rings is 1. The first-order valence-corrected chi connectivity index (χ1v) is 7.25. The van der Waals surface area contributed by atoms with Crippen molar-refractivity contribution in [3.05, 3.63) is 35.4 Å². The highest BCUT2D eigenvalue weighted by molar-refractivity contribution is 5.81. The Morgan fingerprint density at radius 1 is 1.32 bits per heavy atom. The Balaban J connectivity index is 1.76. The molecule has 1 atom stereocenters. The number of hydrogen-bond acceptors (Lipinski definition) is 2. The molecule has 3 heteroatoms. The average molecular weight is 260 g/mol. The highest BCUT2D eigenvalue weighted by atomic mass is 16.2. The van der Waals surface area contributed by atoms with Crippen molar-refractivity contribution in [1.29, 1.82) is 0 Å². The molecule has 0 aliphatic carbocycles. The molecule has 0 bridgehead atoms. The normalized spacial score (nSPS) is 16.6. The van der Waals surface area contributed by atoms with Gasteiger partial charge in [0.05, 0.1) is 6.04 Å². The van der Waals surface area contributed by atoms with Crippen LogP contribution in [0.4, 0.5) is 0 Å². The van der Waals surface area contributed by atoms with Gasteiger partial charge in [0.2, 0.25) is 5.91 Å². The Labute approximate surface area is 116 Å². The second-order valence-electron chi connectivity index (χ2n) is 5.38. The van der Waals surface area contributed by atoms with Crippen LogP contribution in [0, 0.1) is 6.92 Å². The maximum absolute atomic E-state index is 12.1. The summed E-state index contributed by atoms with van der Waals surface area (Å²) in [5, 5.41) is 3.34. The molecule has 0 radical (unpaired) electrons. The maximum Gasteiger partial charge on any atom is 0.239 e. The van der Waals surface area contributed by atoms with Crippen LogP contribution in [-0.4, -0.2) is 36.5 Å². The molecular weight excluding hydrogens is 236 g/mol. The van der Waals surface area contributed by atoms with E-state index in [9.17, 15) is 4.79 Å². The van der Waals surface area contributed by atoms with Gasteiger partial charge in [0.1, 0.15) is 0 Å². The van der Waals surface area contributed by atoms with Gasteiger partial charge in [0.25, 0.3) is 0 Å². The topological polar surface area (TPSA) is 32.3 Å². The van der Waals surface area contributed by atoms with Gasteiger partial charge >= 0.3 is 0 Å². The molecule has 1 fully saturated rings. The monoisotopic (exact) mass is 260 g/mol. The number of likely N-dealkylation sites (tertiary alicyclic amines) is 1. The van der Waals surface area contributed by atoms with Crippen LogP contribution in [0.3, 0.4) is 0 Å². The molecule has 1 heterocycles. The zero-order valence-electron chi connectivity index (χ0n) is 12.0. The molecule has 104 valence electrons. The summed E-state index contributed by atoms with van der Waals surface area (Å²) in [6.07, 6.45) is 3.29. The van der Waals surface area contributed by atoms with E-state index in [2.05, 4.69) is 36.5 Å². The van der Waals surface area contributed by atoms with Crippen molar-refractivity contribution in [3.63, 3.8) is 0 Å². The van der Waals surface area contributed by atoms with Gasteiger partial charge in [-0.2, -0.15) is 0 Å². The van der Waals surface area contributed by atoms with Crippen molar-refractivity contribution in [3.8, 4) is 0 Å². The fourth-order valence-electron chi connectivity index (χ4n) is 2.61. The van der Waals surface area contributed by atoms with Gasteiger partial charge in [-0.15, -0.1) is 0 Å². The Kier molecular flexibility index (Phi) is 4.97. The van der Waals surface area contributed by atoms with Crippen molar-refractivity contribution in [2.45, 2.75) is 39.2 Å². The summed E-state index contributed by atoms with van der Waals surface area (Å²) in [6, 6.07) is 8.35. The third-order valence-corrected chi connectivity index (χ3v) is 3.89. The molecule has 0 saturated carbocycles. The van der Waals surface area contributed by atoms with Gasteiger partial charge in [-0.3, -0.25) is 4.79 Å². The lowest BCUT2D eigenvalue weighted by atomic mass is 10.1. The number of nitrogens with one attached hydrogen (secondary N) is 1. The highest BCUT2D eigenvalue weighted by Gasteiger charge is 2.22. The van der Waals surface area contributed by atoms with Gasteiger partial charge in [0.15, 0.2) is 0 Å². The van der Waals surface area contributed by atoms with Crippen LogP contribution in [-0.2, 0) is 11.2 Å². The van der Waals surface area contributed by atoms with E-state index in [-0.39, 0.29) is 11.9 Å². The lowest BCUT2D eigenvalue weighted by Crippen LogP contribution is -2.44.